The predicted octanol–water partition coefficient (Wildman–Crippen LogP) is 4.54. The molecular formula is C20H18ClNO3. The Morgan fingerprint density at radius 2 is 1.72 bits per heavy atom. The van der Waals surface area contributed by atoms with E-state index in [2.05, 4.69) is 0 Å². The third-order valence-electron chi connectivity index (χ3n) is 3.67. The van der Waals surface area contributed by atoms with Crippen LogP contribution >= 0.6 is 11.6 Å². The van der Waals surface area contributed by atoms with Gasteiger partial charge in [0.25, 0.3) is 5.91 Å². The van der Waals surface area contributed by atoms with E-state index in [-0.39, 0.29) is 12.5 Å². The fraction of sp³-hybridized carbons (Fsp3) is 0.150. The molecule has 0 saturated carbocycles. The number of carbonyl (C=O) groups is 1. The Hall–Kier alpha value is -2.72. The van der Waals surface area contributed by atoms with Crippen molar-refractivity contribution in [3.05, 3.63) is 89.3 Å². The molecule has 0 fully saturated rings. The molecule has 0 saturated heterocycles. The van der Waals surface area contributed by atoms with Gasteiger partial charge in [-0.1, -0.05) is 41.9 Å². The summed E-state index contributed by atoms with van der Waals surface area (Å²) in [6.07, 6.45) is 1.60. The van der Waals surface area contributed by atoms with Gasteiger partial charge in [0.1, 0.15) is 11.5 Å². The molecule has 128 valence electrons. The Morgan fingerprint density at radius 1 is 0.960 bits per heavy atom. The standard InChI is InChI=1S/C20H18ClNO3/c21-17-10-8-16(9-11-17)13-22(14-19-7-4-12-24-19)20(23)15-25-18-5-2-1-3-6-18/h1-12H,13-15H2. The number of ether oxygens (including phenoxy) is 1. The first-order valence-corrected chi connectivity index (χ1v) is 8.31. The topological polar surface area (TPSA) is 42.7 Å². The molecule has 25 heavy (non-hydrogen) atoms. The molecule has 0 atom stereocenters. The molecule has 2 aromatic carbocycles. The van der Waals surface area contributed by atoms with Crippen LogP contribution < -0.4 is 4.74 Å². The first-order chi connectivity index (χ1) is 12.2. The average Bonchev–Trinajstić information content (AvgIpc) is 3.15. The highest BCUT2D eigenvalue weighted by atomic mass is 35.5. The van der Waals surface area contributed by atoms with Gasteiger partial charge >= 0.3 is 0 Å². The Kier molecular flexibility index (Phi) is 5.75. The molecule has 1 amide bonds. The van der Waals surface area contributed by atoms with E-state index in [0.717, 1.165) is 11.3 Å². The van der Waals surface area contributed by atoms with Crippen LogP contribution in [0.3, 0.4) is 0 Å². The number of hydrogen-bond acceptors (Lipinski definition) is 3. The lowest BCUT2D eigenvalue weighted by molar-refractivity contribution is -0.134. The first kappa shape index (κ1) is 17.1. The normalized spacial score (nSPS) is 10.4. The summed E-state index contributed by atoms with van der Waals surface area (Å²) in [7, 11) is 0. The lowest BCUT2D eigenvalue weighted by Gasteiger charge is -2.22. The second-order valence-electron chi connectivity index (χ2n) is 5.56. The molecule has 0 bridgehead atoms. The van der Waals surface area contributed by atoms with Crippen molar-refractivity contribution in [2.24, 2.45) is 0 Å². The number of furan rings is 1. The smallest absolute Gasteiger partial charge is 0.261 e. The van der Waals surface area contributed by atoms with Gasteiger partial charge in [-0.3, -0.25) is 4.79 Å². The maximum absolute atomic E-state index is 12.6. The number of carbonyl (C=O) groups excluding carboxylic acids is 1. The molecule has 0 aliphatic heterocycles. The van der Waals surface area contributed by atoms with Crippen LogP contribution in [0, 0.1) is 0 Å². The summed E-state index contributed by atoms with van der Waals surface area (Å²) < 4.78 is 11.0. The van der Waals surface area contributed by atoms with Gasteiger partial charge < -0.3 is 14.1 Å². The summed E-state index contributed by atoms with van der Waals surface area (Å²) in [5.74, 6) is 1.28. The fourth-order valence-electron chi connectivity index (χ4n) is 2.39. The molecular weight excluding hydrogens is 338 g/mol. The summed E-state index contributed by atoms with van der Waals surface area (Å²) in [4.78, 5) is 14.3. The van der Waals surface area contributed by atoms with Crippen LogP contribution in [0.4, 0.5) is 0 Å². The third kappa shape index (κ3) is 5.13. The van der Waals surface area contributed by atoms with Gasteiger partial charge in [0.15, 0.2) is 6.61 Å². The Bertz CT molecular complexity index is 786. The van der Waals surface area contributed by atoms with Crippen molar-refractivity contribution in [3.63, 3.8) is 0 Å². The zero-order valence-corrected chi connectivity index (χ0v) is 14.4. The maximum atomic E-state index is 12.6. The number of benzene rings is 2. The zero-order valence-electron chi connectivity index (χ0n) is 13.6. The largest absolute Gasteiger partial charge is 0.484 e. The molecule has 3 aromatic rings. The van der Waals surface area contributed by atoms with Gasteiger partial charge in [0.2, 0.25) is 0 Å². The van der Waals surface area contributed by atoms with Crippen LogP contribution in [0.25, 0.3) is 0 Å². The van der Waals surface area contributed by atoms with E-state index in [1.54, 1.807) is 17.2 Å². The molecule has 5 heteroatoms. The van der Waals surface area contributed by atoms with Crippen LogP contribution in [0.1, 0.15) is 11.3 Å². The van der Waals surface area contributed by atoms with Gasteiger partial charge in [-0.05, 0) is 42.0 Å². The summed E-state index contributed by atoms with van der Waals surface area (Å²) in [5.41, 5.74) is 0.990. The Labute approximate surface area is 151 Å². The quantitative estimate of drug-likeness (QED) is 0.624. The summed E-state index contributed by atoms with van der Waals surface area (Å²) >= 11 is 5.93. The van der Waals surface area contributed by atoms with E-state index in [1.165, 1.54) is 0 Å². The van der Waals surface area contributed by atoms with E-state index in [0.29, 0.717) is 23.9 Å². The van der Waals surface area contributed by atoms with Gasteiger partial charge in [-0.25, -0.2) is 0 Å². The molecule has 4 nitrogen and oxygen atoms in total. The van der Waals surface area contributed by atoms with Crippen molar-refractivity contribution in [3.8, 4) is 5.75 Å². The van der Waals surface area contributed by atoms with Crippen molar-refractivity contribution >= 4 is 17.5 Å². The van der Waals surface area contributed by atoms with Crippen LogP contribution in [0.15, 0.2) is 77.4 Å². The second-order valence-corrected chi connectivity index (χ2v) is 5.99. The number of halogens is 1. The van der Waals surface area contributed by atoms with Crippen molar-refractivity contribution in [1.29, 1.82) is 0 Å². The molecule has 0 spiro atoms. The van der Waals surface area contributed by atoms with Crippen LogP contribution in [0.2, 0.25) is 5.02 Å². The average molecular weight is 356 g/mol. The van der Waals surface area contributed by atoms with E-state index in [9.17, 15) is 4.79 Å². The molecule has 1 aromatic heterocycles. The van der Waals surface area contributed by atoms with Crippen molar-refractivity contribution in [2.45, 2.75) is 13.1 Å². The Balaban J connectivity index is 1.68. The van der Waals surface area contributed by atoms with Crippen LogP contribution in [-0.4, -0.2) is 17.4 Å². The highest BCUT2D eigenvalue weighted by Crippen LogP contribution is 2.15. The highest BCUT2D eigenvalue weighted by Gasteiger charge is 2.16. The number of amides is 1. The van der Waals surface area contributed by atoms with Gasteiger partial charge in [-0.2, -0.15) is 0 Å². The third-order valence-corrected chi connectivity index (χ3v) is 3.92. The van der Waals surface area contributed by atoms with Crippen molar-refractivity contribution in [1.82, 2.24) is 4.90 Å². The minimum Gasteiger partial charge on any atom is -0.484 e. The molecule has 3 rings (SSSR count). The minimum absolute atomic E-state index is 0.0295. The molecule has 1 heterocycles. The highest BCUT2D eigenvalue weighted by molar-refractivity contribution is 6.30. The summed E-state index contributed by atoms with van der Waals surface area (Å²) in [5, 5.41) is 0.667. The lowest BCUT2D eigenvalue weighted by atomic mass is 10.2. The van der Waals surface area contributed by atoms with Gasteiger partial charge in [-0.15, -0.1) is 0 Å². The number of para-hydroxylation sites is 1. The predicted molar refractivity (Wildman–Crippen MR) is 96.4 cm³/mol. The molecule has 0 aliphatic rings. The minimum atomic E-state index is -0.116. The molecule has 0 aliphatic carbocycles. The van der Waals surface area contributed by atoms with Gasteiger partial charge in [0, 0.05) is 11.6 Å². The second kappa shape index (κ2) is 8.40. The summed E-state index contributed by atoms with van der Waals surface area (Å²) in [6, 6.07) is 20.4. The summed E-state index contributed by atoms with van der Waals surface area (Å²) in [6.45, 7) is 0.805. The van der Waals surface area contributed by atoms with E-state index in [4.69, 9.17) is 20.8 Å². The molecule has 0 N–H and O–H groups in total. The SMILES string of the molecule is O=C(COc1ccccc1)N(Cc1ccc(Cl)cc1)Cc1ccco1. The monoisotopic (exact) mass is 355 g/mol. The molecule has 0 radical (unpaired) electrons. The van der Waals surface area contributed by atoms with Crippen LogP contribution in [-0.2, 0) is 17.9 Å². The van der Waals surface area contributed by atoms with Crippen molar-refractivity contribution in [2.75, 3.05) is 6.61 Å². The first-order valence-electron chi connectivity index (χ1n) is 7.93. The number of nitrogens with zero attached hydrogens (tertiary/aromatic N) is 1. The zero-order chi connectivity index (χ0) is 17.5. The fourth-order valence-corrected chi connectivity index (χ4v) is 2.51. The van der Waals surface area contributed by atoms with Crippen molar-refractivity contribution < 1.29 is 13.9 Å². The Morgan fingerprint density at radius 3 is 2.40 bits per heavy atom. The van der Waals surface area contributed by atoms with E-state index in [1.807, 2.05) is 60.7 Å². The maximum Gasteiger partial charge on any atom is 0.261 e. The number of hydrogen-bond donors (Lipinski definition) is 0. The van der Waals surface area contributed by atoms with E-state index >= 15 is 0 Å². The number of rotatable bonds is 7. The van der Waals surface area contributed by atoms with E-state index < -0.39 is 0 Å². The molecule has 0 unspecified atom stereocenters. The van der Waals surface area contributed by atoms with Crippen LogP contribution in [0.5, 0.6) is 5.75 Å². The lowest BCUT2D eigenvalue weighted by Crippen LogP contribution is -2.34. The van der Waals surface area contributed by atoms with Gasteiger partial charge in [0.05, 0.1) is 12.8 Å².